The molecule has 90 valence electrons. The molecule has 18 heavy (non-hydrogen) atoms. The SMILES string of the molecule is Nc1ccc([C@H]2CC(=O)c3ccccc3O2)cc1. The summed E-state index contributed by atoms with van der Waals surface area (Å²) in [7, 11) is 0. The number of anilines is 1. The number of nitrogens with two attached hydrogens (primary N) is 1. The average molecular weight is 239 g/mol. The Kier molecular flexibility index (Phi) is 2.52. The van der Waals surface area contributed by atoms with Crippen LogP contribution in [0, 0.1) is 0 Å². The number of Topliss-reactive ketones (excluding diaryl/α,β-unsaturated/α-hetero) is 1. The summed E-state index contributed by atoms with van der Waals surface area (Å²) in [6.45, 7) is 0. The molecule has 1 atom stereocenters. The number of carbonyl (C=O) groups excluding carboxylic acids is 1. The van der Waals surface area contributed by atoms with E-state index in [2.05, 4.69) is 0 Å². The van der Waals surface area contributed by atoms with Gasteiger partial charge in [0.05, 0.1) is 12.0 Å². The van der Waals surface area contributed by atoms with E-state index < -0.39 is 0 Å². The van der Waals surface area contributed by atoms with Crippen molar-refractivity contribution in [3.8, 4) is 5.75 Å². The second-order valence-electron chi connectivity index (χ2n) is 4.40. The lowest BCUT2D eigenvalue weighted by atomic mass is 9.96. The fraction of sp³-hybridized carbons (Fsp3) is 0.133. The highest BCUT2D eigenvalue weighted by Gasteiger charge is 2.26. The molecular weight excluding hydrogens is 226 g/mol. The van der Waals surface area contributed by atoms with Crippen molar-refractivity contribution < 1.29 is 9.53 Å². The molecule has 3 nitrogen and oxygen atoms in total. The van der Waals surface area contributed by atoms with Crippen LogP contribution < -0.4 is 10.5 Å². The van der Waals surface area contributed by atoms with E-state index in [1.807, 2.05) is 42.5 Å². The van der Waals surface area contributed by atoms with Crippen LogP contribution in [0.25, 0.3) is 0 Å². The zero-order valence-electron chi connectivity index (χ0n) is 9.80. The van der Waals surface area contributed by atoms with Gasteiger partial charge < -0.3 is 10.5 Å². The predicted octanol–water partition coefficient (Wildman–Crippen LogP) is 2.98. The molecule has 0 saturated heterocycles. The minimum Gasteiger partial charge on any atom is -0.484 e. The van der Waals surface area contributed by atoms with Crippen molar-refractivity contribution in [1.29, 1.82) is 0 Å². The van der Waals surface area contributed by atoms with E-state index in [0.717, 1.165) is 5.56 Å². The number of rotatable bonds is 1. The van der Waals surface area contributed by atoms with Crippen molar-refractivity contribution >= 4 is 11.5 Å². The Morgan fingerprint density at radius 2 is 1.78 bits per heavy atom. The van der Waals surface area contributed by atoms with Crippen LogP contribution in [0.2, 0.25) is 0 Å². The van der Waals surface area contributed by atoms with E-state index in [4.69, 9.17) is 10.5 Å². The maximum Gasteiger partial charge on any atom is 0.170 e. The normalized spacial score (nSPS) is 18.0. The molecule has 2 aromatic carbocycles. The fourth-order valence-corrected chi connectivity index (χ4v) is 2.17. The van der Waals surface area contributed by atoms with Gasteiger partial charge in [0.2, 0.25) is 0 Å². The van der Waals surface area contributed by atoms with Crippen LogP contribution in [-0.2, 0) is 0 Å². The van der Waals surface area contributed by atoms with Gasteiger partial charge in [0, 0.05) is 5.69 Å². The lowest BCUT2D eigenvalue weighted by Crippen LogP contribution is -2.20. The second kappa shape index (κ2) is 4.18. The average Bonchev–Trinajstić information content (AvgIpc) is 2.39. The Balaban J connectivity index is 1.94. The van der Waals surface area contributed by atoms with Crippen molar-refractivity contribution in [3.05, 3.63) is 59.7 Å². The third-order valence-electron chi connectivity index (χ3n) is 3.14. The zero-order chi connectivity index (χ0) is 12.5. The lowest BCUT2D eigenvalue weighted by molar-refractivity contribution is 0.0850. The van der Waals surface area contributed by atoms with Gasteiger partial charge in [-0.05, 0) is 29.8 Å². The Hall–Kier alpha value is -2.29. The number of hydrogen-bond acceptors (Lipinski definition) is 3. The van der Waals surface area contributed by atoms with Gasteiger partial charge in [0.1, 0.15) is 11.9 Å². The number of carbonyl (C=O) groups is 1. The summed E-state index contributed by atoms with van der Waals surface area (Å²) >= 11 is 0. The minimum atomic E-state index is -0.215. The van der Waals surface area contributed by atoms with Gasteiger partial charge in [-0.25, -0.2) is 0 Å². The van der Waals surface area contributed by atoms with Crippen molar-refractivity contribution in [2.75, 3.05) is 5.73 Å². The predicted molar refractivity (Wildman–Crippen MR) is 69.6 cm³/mol. The molecule has 0 saturated carbocycles. The van der Waals surface area contributed by atoms with Crippen molar-refractivity contribution in [2.45, 2.75) is 12.5 Å². The lowest BCUT2D eigenvalue weighted by Gasteiger charge is -2.25. The third kappa shape index (κ3) is 1.84. The first-order valence-corrected chi connectivity index (χ1v) is 5.88. The highest BCUT2D eigenvalue weighted by molar-refractivity contribution is 5.99. The quantitative estimate of drug-likeness (QED) is 0.778. The number of fused-ring (bicyclic) bond motifs is 1. The molecule has 2 aromatic rings. The Morgan fingerprint density at radius 3 is 2.56 bits per heavy atom. The number of nitrogen functional groups attached to an aromatic ring is 1. The fourth-order valence-electron chi connectivity index (χ4n) is 2.17. The van der Waals surface area contributed by atoms with E-state index in [1.54, 1.807) is 6.07 Å². The first-order valence-electron chi connectivity index (χ1n) is 5.88. The van der Waals surface area contributed by atoms with Gasteiger partial charge in [-0.2, -0.15) is 0 Å². The molecule has 0 aliphatic carbocycles. The maximum absolute atomic E-state index is 12.0. The van der Waals surface area contributed by atoms with E-state index in [1.165, 1.54) is 0 Å². The molecule has 0 bridgehead atoms. The molecule has 0 radical (unpaired) electrons. The first kappa shape index (κ1) is 10.8. The summed E-state index contributed by atoms with van der Waals surface area (Å²) < 4.78 is 5.87. The van der Waals surface area contributed by atoms with Crippen molar-refractivity contribution in [1.82, 2.24) is 0 Å². The van der Waals surface area contributed by atoms with Crippen LogP contribution in [0.3, 0.4) is 0 Å². The number of ketones is 1. The summed E-state index contributed by atoms with van der Waals surface area (Å²) in [6.07, 6.45) is 0.161. The third-order valence-corrected chi connectivity index (χ3v) is 3.14. The molecule has 3 heteroatoms. The van der Waals surface area contributed by atoms with Crippen LogP contribution in [0.5, 0.6) is 5.75 Å². The summed E-state index contributed by atoms with van der Waals surface area (Å²) in [6, 6.07) is 14.8. The van der Waals surface area contributed by atoms with Gasteiger partial charge in [0.15, 0.2) is 5.78 Å². The Labute approximate surface area is 105 Å². The molecule has 1 aliphatic rings. The minimum absolute atomic E-state index is 0.124. The largest absolute Gasteiger partial charge is 0.484 e. The summed E-state index contributed by atoms with van der Waals surface area (Å²) in [5.74, 6) is 0.786. The van der Waals surface area contributed by atoms with Crippen LogP contribution in [-0.4, -0.2) is 5.78 Å². The van der Waals surface area contributed by atoms with Gasteiger partial charge >= 0.3 is 0 Å². The summed E-state index contributed by atoms with van der Waals surface area (Å²) in [5.41, 5.74) is 8.01. The van der Waals surface area contributed by atoms with E-state index >= 15 is 0 Å². The molecular formula is C15H13NO2. The number of hydrogen-bond donors (Lipinski definition) is 1. The highest BCUT2D eigenvalue weighted by atomic mass is 16.5. The molecule has 0 spiro atoms. The highest BCUT2D eigenvalue weighted by Crippen LogP contribution is 2.34. The molecule has 0 unspecified atom stereocenters. The van der Waals surface area contributed by atoms with Crippen molar-refractivity contribution in [2.24, 2.45) is 0 Å². The van der Waals surface area contributed by atoms with Crippen molar-refractivity contribution in [3.63, 3.8) is 0 Å². The van der Waals surface area contributed by atoms with Gasteiger partial charge in [-0.1, -0.05) is 24.3 Å². The van der Waals surface area contributed by atoms with Crippen LogP contribution in [0.4, 0.5) is 5.69 Å². The van der Waals surface area contributed by atoms with Gasteiger partial charge in [0.25, 0.3) is 0 Å². The molecule has 0 fully saturated rings. The van der Waals surface area contributed by atoms with Gasteiger partial charge in [-0.15, -0.1) is 0 Å². The van der Waals surface area contributed by atoms with Gasteiger partial charge in [-0.3, -0.25) is 4.79 Å². The number of para-hydroxylation sites is 1. The standard InChI is InChI=1S/C15H13NO2/c16-11-7-5-10(6-8-11)15-9-13(17)12-3-1-2-4-14(12)18-15/h1-8,15H,9,16H2/t15-/m1/s1. The van der Waals surface area contributed by atoms with Crippen LogP contribution >= 0.6 is 0 Å². The van der Waals surface area contributed by atoms with E-state index in [9.17, 15) is 4.79 Å². The molecule has 0 aromatic heterocycles. The molecule has 0 amide bonds. The molecule has 2 N–H and O–H groups in total. The zero-order valence-corrected chi connectivity index (χ0v) is 9.80. The smallest absolute Gasteiger partial charge is 0.170 e. The maximum atomic E-state index is 12.0. The summed E-state index contributed by atoms with van der Waals surface area (Å²) in [5, 5.41) is 0. The molecule has 3 rings (SSSR count). The van der Waals surface area contributed by atoms with E-state index in [-0.39, 0.29) is 11.9 Å². The number of ether oxygens (including phenoxy) is 1. The monoisotopic (exact) mass is 239 g/mol. The Morgan fingerprint density at radius 1 is 1.06 bits per heavy atom. The van der Waals surface area contributed by atoms with E-state index in [0.29, 0.717) is 23.4 Å². The first-order chi connectivity index (χ1) is 8.74. The molecule has 1 aliphatic heterocycles. The van der Waals surface area contributed by atoms with Crippen LogP contribution in [0.15, 0.2) is 48.5 Å². The molecule has 1 heterocycles. The summed E-state index contributed by atoms with van der Waals surface area (Å²) in [4.78, 5) is 12.0. The van der Waals surface area contributed by atoms with Crippen LogP contribution in [0.1, 0.15) is 28.4 Å². The number of benzene rings is 2. The topological polar surface area (TPSA) is 52.3 Å². The Bertz CT molecular complexity index is 590. The second-order valence-corrected chi connectivity index (χ2v) is 4.40.